The van der Waals surface area contributed by atoms with Crippen LogP contribution in [0.5, 0.6) is 0 Å². The first-order valence-electron chi connectivity index (χ1n) is 10.8. The molecule has 5 N–H and O–H groups in total. The maximum absolute atomic E-state index is 14.6. The molecule has 1 aromatic carbocycles. The monoisotopic (exact) mass is 522 g/mol. The molecule has 0 spiro atoms. The molecule has 1 aliphatic carbocycles. The van der Waals surface area contributed by atoms with Crippen molar-refractivity contribution in [3.05, 3.63) is 77.4 Å². The molecule has 37 heavy (non-hydrogen) atoms. The summed E-state index contributed by atoms with van der Waals surface area (Å²) in [7, 11) is 0. The van der Waals surface area contributed by atoms with Gasteiger partial charge in [-0.15, -0.1) is 0 Å². The highest BCUT2D eigenvalue weighted by Crippen LogP contribution is 2.37. The number of hydrogen-bond donors (Lipinski definition) is 4. The molecule has 1 fully saturated rings. The number of anilines is 2. The summed E-state index contributed by atoms with van der Waals surface area (Å²) >= 11 is 0. The number of benzene rings is 1. The first kappa shape index (κ1) is 27.3. The van der Waals surface area contributed by atoms with Crippen molar-refractivity contribution in [3.63, 3.8) is 0 Å². The van der Waals surface area contributed by atoms with Gasteiger partial charge in [0.1, 0.15) is 17.2 Å². The fraction of sp³-hybridized carbons (Fsp3) is 0.250. The molecule has 3 rings (SSSR count). The second-order valence-corrected chi connectivity index (χ2v) is 8.30. The molecular weight excluding hydrogens is 499 g/mol. The van der Waals surface area contributed by atoms with Crippen LogP contribution in [0.4, 0.5) is 33.3 Å². The number of carbonyl (C=O) groups excluding carboxylic acids is 2. The minimum atomic E-state index is -4.84. The highest BCUT2D eigenvalue weighted by Gasteiger charge is 2.51. The largest absolute Gasteiger partial charge is 0.418 e. The number of rotatable bonds is 9. The average molecular weight is 522 g/mol. The lowest BCUT2D eigenvalue weighted by molar-refractivity contribution is -0.137. The van der Waals surface area contributed by atoms with Crippen molar-refractivity contribution in [2.24, 2.45) is 10.7 Å². The number of nitrogens with zero attached hydrogens (tertiary/aromatic N) is 2. The molecule has 1 heterocycles. The quantitative estimate of drug-likeness (QED) is 0.227. The molecule has 0 aliphatic heterocycles. The van der Waals surface area contributed by atoms with Crippen LogP contribution in [-0.2, 0) is 22.3 Å². The lowest BCUT2D eigenvalue weighted by atomic mass is 10.1. The number of nitrogens with two attached hydrogens (primary N) is 1. The zero-order valence-electron chi connectivity index (χ0n) is 19.5. The minimum Gasteiger partial charge on any atom is -0.404 e. The molecule has 0 saturated heterocycles. The molecule has 8 nitrogen and oxygen atoms in total. The Bertz CT molecular complexity index is 1280. The van der Waals surface area contributed by atoms with E-state index in [0.29, 0.717) is 24.6 Å². The molecule has 1 aromatic heterocycles. The van der Waals surface area contributed by atoms with E-state index < -0.39 is 46.4 Å². The molecule has 1 aliphatic rings. The van der Waals surface area contributed by atoms with E-state index in [9.17, 15) is 31.5 Å². The average Bonchev–Trinajstić information content (AvgIpc) is 3.59. The first-order chi connectivity index (χ1) is 17.3. The van der Waals surface area contributed by atoms with Crippen molar-refractivity contribution in [1.29, 1.82) is 0 Å². The molecule has 0 bridgehead atoms. The SMILES string of the molecule is C=C(C)N=C/C(=C\N)C(=O)NC1(C(=O)NCc2ncc(Nc3ccc(F)cc3C(F)(F)F)cc2F)CC1. The standard InChI is InChI=1S/C24H23F5N6O2/c1-13(2)31-10-14(9-30)21(36)35-23(5-6-23)22(37)33-12-20-18(26)8-16(11-32-20)34-19-4-3-15(25)7-17(19)24(27,28)29/h3-4,7-11,34H,1,5-6,12,30H2,2H3,(H,33,37)(H,35,36)/b14-9+,31-10?. The summed E-state index contributed by atoms with van der Waals surface area (Å²) < 4.78 is 67.4. The first-order valence-corrected chi connectivity index (χ1v) is 10.8. The van der Waals surface area contributed by atoms with Gasteiger partial charge in [-0.25, -0.2) is 8.78 Å². The van der Waals surface area contributed by atoms with Crippen LogP contribution >= 0.6 is 0 Å². The molecule has 196 valence electrons. The van der Waals surface area contributed by atoms with E-state index in [1.165, 1.54) is 6.21 Å². The highest BCUT2D eigenvalue weighted by atomic mass is 19.4. The third kappa shape index (κ3) is 6.90. The maximum atomic E-state index is 14.6. The van der Waals surface area contributed by atoms with E-state index in [1.54, 1.807) is 6.92 Å². The number of hydrogen-bond acceptors (Lipinski definition) is 6. The summed E-state index contributed by atoms with van der Waals surface area (Å²) in [6.45, 7) is 4.86. The van der Waals surface area contributed by atoms with Gasteiger partial charge in [0.05, 0.1) is 40.9 Å². The van der Waals surface area contributed by atoms with Gasteiger partial charge in [0.25, 0.3) is 5.91 Å². The highest BCUT2D eigenvalue weighted by molar-refractivity contribution is 6.13. The number of alkyl halides is 3. The van der Waals surface area contributed by atoms with Gasteiger partial charge in [0.15, 0.2) is 0 Å². The van der Waals surface area contributed by atoms with E-state index in [4.69, 9.17) is 5.73 Å². The van der Waals surface area contributed by atoms with Gasteiger partial charge in [-0.3, -0.25) is 19.6 Å². The third-order valence-electron chi connectivity index (χ3n) is 5.30. The Balaban J connectivity index is 1.64. The Morgan fingerprint density at radius 2 is 1.95 bits per heavy atom. The van der Waals surface area contributed by atoms with Gasteiger partial charge in [-0.1, -0.05) is 6.58 Å². The van der Waals surface area contributed by atoms with Gasteiger partial charge >= 0.3 is 6.18 Å². The number of amides is 2. The second kappa shape index (κ2) is 10.8. The number of halogens is 5. The molecule has 1 saturated carbocycles. The summed E-state index contributed by atoms with van der Waals surface area (Å²) in [6.07, 6.45) is -0.830. The summed E-state index contributed by atoms with van der Waals surface area (Å²) in [5.74, 6) is -3.18. The van der Waals surface area contributed by atoms with Crippen LogP contribution in [-0.4, -0.2) is 28.6 Å². The summed E-state index contributed by atoms with van der Waals surface area (Å²) in [5, 5.41) is 7.45. The topological polar surface area (TPSA) is 121 Å². The zero-order chi connectivity index (χ0) is 27.4. The maximum Gasteiger partial charge on any atom is 0.418 e. The molecule has 2 aromatic rings. The predicted molar refractivity (Wildman–Crippen MR) is 126 cm³/mol. The van der Waals surface area contributed by atoms with E-state index in [-0.39, 0.29) is 23.5 Å². The zero-order valence-corrected chi connectivity index (χ0v) is 19.5. The number of pyridine rings is 1. The van der Waals surface area contributed by atoms with Gasteiger partial charge in [-0.05, 0) is 38.0 Å². The van der Waals surface area contributed by atoms with Crippen molar-refractivity contribution >= 4 is 29.4 Å². The van der Waals surface area contributed by atoms with Crippen LogP contribution in [0, 0.1) is 11.6 Å². The van der Waals surface area contributed by atoms with Gasteiger partial charge < -0.3 is 21.7 Å². The van der Waals surface area contributed by atoms with Gasteiger partial charge in [-0.2, -0.15) is 13.2 Å². The van der Waals surface area contributed by atoms with Crippen LogP contribution in [0.15, 0.2) is 59.5 Å². The fourth-order valence-electron chi connectivity index (χ4n) is 3.19. The second-order valence-electron chi connectivity index (χ2n) is 8.30. The van der Waals surface area contributed by atoms with Crippen LogP contribution in [0.3, 0.4) is 0 Å². The number of nitrogens with one attached hydrogen (secondary N) is 3. The molecule has 0 radical (unpaired) electrons. The van der Waals surface area contributed by atoms with Crippen LogP contribution in [0.2, 0.25) is 0 Å². The van der Waals surface area contributed by atoms with E-state index in [1.807, 2.05) is 0 Å². The van der Waals surface area contributed by atoms with Crippen LogP contribution in [0.1, 0.15) is 31.0 Å². The van der Waals surface area contributed by atoms with E-state index in [0.717, 1.165) is 30.6 Å². The Labute approximate surface area is 208 Å². The molecule has 0 atom stereocenters. The van der Waals surface area contributed by atoms with Gasteiger partial charge in [0, 0.05) is 24.2 Å². The van der Waals surface area contributed by atoms with Crippen molar-refractivity contribution in [1.82, 2.24) is 15.6 Å². The number of aliphatic imine (C=N–C) groups is 1. The molecule has 0 unspecified atom stereocenters. The lowest BCUT2D eigenvalue weighted by Gasteiger charge is -2.18. The third-order valence-corrected chi connectivity index (χ3v) is 5.30. The molecule has 2 amide bonds. The lowest BCUT2D eigenvalue weighted by Crippen LogP contribution is -2.49. The Hall–Kier alpha value is -4.29. The van der Waals surface area contributed by atoms with Crippen LogP contribution in [0.25, 0.3) is 0 Å². The molecule has 13 heteroatoms. The fourth-order valence-corrected chi connectivity index (χ4v) is 3.19. The van der Waals surface area contributed by atoms with Gasteiger partial charge in [0.2, 0.25) is 5.91 Å². The van der Waals surface area contributed by atoms with Crippen molar-refractivity contribution in [2.45, 2.75) is 38.0 Å². The number of allylic oxidation sites excluding steroid dienone is 1. The Morgan fingerprint density at radius 1 is 1.24 bits per heavy atom. The van der Waals surface area contributed by atoms with Crippen molar-refractivity contribution < 1.29 is 31.5 Å². The Kier molecular flexibility index (Phi) is 7.94. The van der Waals surface area contributed by atoms with E-state index in [2.05, 4.69) is 32.5 Å². The number of carbonyl (C=O) groups is 2. The Morgan fingerprint density at radius 3 is 2.51 bits per heavy atom. The van der Waals surface area contributed by atoms with Crippen molar-refractivity contribution in [2.75, 3.05) is 5.32 Å². The minimum absolute atomic E-state index is 0.0210. The van der Waals surface area contributed by atoms with Crippen molar-refractivity contribution in [3.8, 4) is 0 Å². The van der Waals surface area contributed by atoms with Crippen LogP contribution < -0.4 is 21.7 Å². The van der Waals surface area contributed by atoms with E-state index >= 15 is 0 Å². The molecular formula is C24H23F5N6O2. The summed E-state index contributed by atoms with van der Waals surface area (Å²) in [6, 6.07) is 2.93. The smallest absolute Gasteiger partial charge is 0.404 e. The number of aromatic nitrogens is 1. The normalized spacial score (nSPS) is 14.8. The summed E-state index contributed by atoms with van der Waals surface area (Å²) in [5.41, 5.74) is 2.67. The summed E-state index contributed by atoms with van der Waals surface area (Å²) in [4.78, 5) is 32.9. The predicted octanol–water partition coefficient (Wildman–Crippen LogP) is 3.83.